The summed E-state index contributed by atoms with van der Waals surface area (Å²) in [5, 5.41) is 0. The molecule has 0 saturated carbocycles. The Morgan fingerprint density at radius 1 is 1.12 bits per heavy atom. The lowest BCUT2D eigenvalue weighted by molar-refractivity contribution is 0.1000. The zero-order valence-electron chi connectivity index (χ0n) is 10.4. The van der Waals surface area contributed by atoms with E-state index in [-0.39, 0.29) is 16.7 Å². The topological polar surface area (TPSA) is 43.1 Å². The number of amides is 1. The molecule has 1 aliphatic carbocycles. The molecule has 1 aromatic rings. The quantitative estimate of drug-likeness (QED) is 0.772. The van der Waals surface area contributed by atoms with Crippen LogP contribution in [0.3, 0.4) is 0 Å². The monoisotopic (exact) mass is 217 g/mol. The largest absolute Gasteiger partial charge is 0.366 e. The van der Waals surface area contributed by atoms with Gasteiger partial charge in [-0.2, -0.15) is 0 Å². The van der Waals surface area contributed by atoms with Gasteiger partial charge in [0.1, 0.15) is 0 Å². The summed E-state index contributed by atoms with van der Waals surface area (Å²) in [4.78, 5) is 11.2. The first kappa shape index (κ1) is 11.2. The first-order valence-electron chi connectivity index (χ1n) is 5.69. The molecule has 2 heteroatoms. The van der Waals surface area contributed by atoms with Crippen LogP contribution in [-0.2, 0) is 10.8 Å². The van der Waals surface area contributed by atoms with Crippen LogP contribution in [0.25, 0.3) is 0 Å². The number of fused-ring (bicyclic) bond motifs is 1. The van der Waals surface area contributed by atoms with Gasteiger partial charge in [-0.15, -0.1) is 0 Å². The fourth-order valence-corrected chi connectivity index (χ4v) is 3.14. The number of carbonyl (C=O) groups excluding carboxylic acids is 1. The van der Waals surface area contributed by atoms with Crippen LogP contribution in [0.15, 0.2) is 18.2 Å². The molecule has 0 radical (unpaired) electrons. The van der Waals surface area contributed by atoms with E-state index in [1.807, 2.05) is 12.1 Å². The Balaban J connectivity index is 2.63. The Morgan fingerprint density at radius 3 is 2.25 bits per heavy atom. The minimum Gasteiger partial charge on any atom is -0.366 e. The van der Waals surface area contributed by atoms with Crippen molar-refractivity contribution in [1.29, 1.82) is 0 Å². The summed E-state index contributed by atoms with van der Waals surface area (Å²) in [7, 11) is 0. The smallest absolute Gasteiger partial charge is 0.248 e. The zero-order valence-corrected chi connectivity index (χ0v) is 10.4. The highest BCUT2D eigenvalue weighted by Crippen LogP contribution is 2.49. The number of hydrogen-bond acceptors (Lipinski definition) is 1. The molecule has 2 rings (SSSR count). The number of nitrogens with two attached hydrogens (primary N) is 1. The van der Waals surface area contributed by atoms with E-state index < -0.39 is 0 Å². The maximum Gasteiger partial charge on any atom is 0.248 e. The second kappa shape index (κ2) is 3.09. The molecule has 0 atom stereocenters. The predicted molar refractivity (Wildman–Crippen MR) is 65.6 cm³/mol. The van der Waals surface area contributed by atoms with E-state index >= 15 is 0 Å². The van der Waals surface area contributed by atoms with Crippen LogP contribution in [-0.4, -0.2) is 5.91 Å². The first-order valence-corrected chi connectivity index (χ1v) is 5.69. The molecule has 1 aromatic carbocycles. The highest BCUT2D eigenvalue weighted by atomic mass is 16.1. The third kappa shape index (κ3) is 1.53. The molecule has 0 saturated heterocycles. The van der Waals surface area contributed by atoms with E-state index in [0.29, 0.717) is 5.56 Å². The first-order chi connectivity index (χ1) is 7.24. The van der Waals surface area contributed by atoms with Crippen molar-refractivity contribution >= 4 is 5.91 Å². The van der Waals surface area contributed by atoms with Gasteiger partial charge in [0.15, 0.2) is 0 Å². The molecule has 1 amide bonds. The van der Waals surface area contributed by atoms with Crippen LogP contribution in [0.1, 0.15) is 55.6 Å². The minimum atomic E-state index is -0.344. The fourth-order valence-electron chi connectivity index (χ4n) is 3.14. The molecule has 0 aliphatic heterocycles. The summed E-state index contributed by atoms with van der Waals surface area (Å²) in [5.41, 5.74) is 8.88. The van der Waals surface area contributed by atoms with Crippen molar-refractivity contribution in [3.63, 3.8) is 0 Å². The van der Waals surface area contributed by atoms with Crippen LogP contribution in [0, 0.1) is 0 Å². The van der Waals surface area contributed by atoms with Crippen molar-refractivity contribution in [3.05, 3.63) is 34.9 Å². The van der Waals surface area contributed by atoms with Gasteiger partial charge >= 0.3 is 0 Å². The Labute approximate surface area is 96.8 Å². The van der Waals surface area contributed by atoms with Crippen LogP contribution in [0.4, 0.5) is 0 Å². The van der Waals surface area contributed by atoms with E-state index in [2.05, 4.69) is 33.8 Å². The van der Waals surface area contributed by atoms with Crippen molar-refractivity contribution in [3.8, 4) is 0 Å². The van der Waals surface area contributed by atoms with Gasteiger partial charge in [-0.3, -0.25) is 4.79 Å². The van der Waals surface area contributed by atoms with Gasteiger partial charge in [0.05, 0.1) is 0 Å². The summed E-state index contributed by atoms with van der Waals surface area (Å²) >= 11 is 0. The van der Waals surface area contributed by atoms with E-state index in [1.165, 1.54) is 11.1 Å². The molecular weight excluding hydrogens is 198 g/mol. The van der Waals surface area contributed by atoms with Gasteiger partial charge in [-0.05, 0) is 40.5 Å². The number of benzene rings is 1. The van der Waals surface area contributed by atoms with Crippen molar-refractivity contribution in [2.45, 2.75) is 44.9 Å². The Morgan fingerprint density at radius 2 is 1.69 bits per heavy atom. The average molecular weight is 217 g/mol. The van der Waals surface area contributed by atoms with Gasteiger partial charge in [0.25, 0.3) is 0 Å². The van der Waals surface area contributed by atoms with Gasteiger partial charge < -0.3 is 5.73 Å². The van der Waals surface area contributed by atoms with E-state index in [1.54, 1.807) is 0 Å². The number of carbonyl (C=O) groups is 1. The Bertz CT molecular complexity index is 458. The third-order valence-corrected chi connectivity index (χ3v) is 3.65. The molecule has 2 N–H and O–H groups in total. The third-order valence-electron chi connectivity index (χ3n) is 3.65. The SMILES string of the molecule is CC1(C)CC(C)(C)c2cc(C(N)=O)ccc21. The van der Waals surface area contributed by atoms with Gasteiger partial charge in [-0.25, -0.2) is 0 Å². The van der Waals surface area contributed by atoms with E-state index in [9.17, 15) is 4.79 Å². The van der Waals surface area contributed by atoms with Gasteiger partial charge in [0.2, 0.25) is 5.91 Å². The van der Waals surface area contributed by atoms with E-state index in [4.69, 9.17) is 5.73 Å². The fraction of sp³-hybridized carbons (Fsp3) is 0.500. The van der Waals surface area contributed by atoms with Crippen LogP contribution in [0.2, 0.25) is 0 Å². The predicted octanol–water partition coefficient (Wildman–Crippen LogP) is 2.74. The highest BCUT2D eigenvalue weighted by Gasteiger charge is 2.41. The normalized spacial score (nSPS) is 20.5. The summed E-state index contributed by atoms with van der Waals surface area (Å²) in [6, 6.07) is 5.86. The molecule has 1 aliphatic rings. The molecular formula is C14H19NO. The van der Waals surface area contributed by atoms with Crippen LogP contribution < -0.4 is 5.73 Å². The van der Waals surface area contributed by atoms with E-state index in [0.717, 1.165) is 6.42 Å². The number of rotatable bonds is 1. The molecule has 16 heavy (non-hydrogen) atoms. The second-order valence-corrected chi connectivity index (χ2v) is 6.07. The van der Waals surface area contributed by atoms with Crippen molar-refractivity contribution in [1.82, 2.24) is 0 Å². The summed E-state index contributed by atoms with van der Waals surface area (Å²) in [6.07, 6.45) is 1.11. The maximum absolute atomic E-state index is 11.2. The molecule has 86 valence electrons. The van der Waals surface area contributed by atoms with Gasteiger partial charge in [0, 0.05) is 5.56 Å². The number of primary amides is 1. The zero-order chi connectivity index (χ0) is 12.1. The van der Waals surface area contributed by atoms with Crippen molar-refractivity contribution in [2.75, 3.05) is 0 Å². The summed E-state index contributed by atoms with van der Waals surface area (Å²) < 4.78 is 0. The second-order valence-electron chi connectivity index (χ2n) is 6.07. The van der Waals surface area contributed by atoms with Crippen molar-refractivity contribution in [2.24, 2.45) is 5.73 Å². The summed E-state index contributed by atoms with van der Waals surface area (Å²) in [5.74, 6) is -0.344. The minimum absolute atomic E-state index is 0.129. The highest BCUT2D eigenvalue weighted by molar-refractivity contribution is 5.93. The lowest BCUT2D eigenvalue weighted by Crippen LogP contribution is -2.18. The Kier molecular flexibility index (Phi) is 2.16. The Hall–Kier alpha value is -1.31. The lowest BCUT2D eigenvalue weighted by atomic mass is 9.82. The molecule has 0 fully saturated rings. The molecule has 2 nitrogen and oxygen atoms in total. The molecule has 0 spiro atoms. The van der Waals surface area contributed by atoms with Gasteiger partial charge in [-0.1, -0.05) is 33.8 Å². The average Bonchev–Trinajstić information content (AvgIpc) is 2.32. The molecule has 0 bridgehead atoms. The summed E-state index contributed by atoms with van der Waals surface area (Å²) in [6.45, 7) is 8.96. The number of hydrogen-bond donors (Lipinski definition) is 1. The molecule has 0 unspecified atom stereocenters. The van der Waals surface area contributed by atoms with Crippen molar-refractivity contribution < 1.29 is 4.79 Å². The van der Waals surface area contributed by atoms with Crippen LogP contribution >= 0.6 is 0 Å². The molecule has 0 aromatic heterocycles. The maximum atomic E-state index is 11.2. The van der Waals surface area contributed by atoms with Crippen LogP contribution in [0.5, 0.6) is 0 Å². The standard InChI is InChI=1S/C14H19NO/c1-13(2)8-14(3,4)11-7-9(12(15)16)5-6-10(11)13/h5-7H,8H2,1-4H3,(H2,15,16). The molecule has 0 heterocycles. The lowest BCUT2D eigenvalue weighted by Gasteiger charge is -2.22.